The van der Waals surface area contributed by atoms with Gasteiger partial charge in [-0.1, -0.05) is 0 Å². The van der Waals surface area contributed by atoms with E-state index in [4.69, 9.17) is 10.8 Å². The average molecular weight is 254 g/mol. The first-order valence-corrected chi connectivity index (χ1v) is 5.21. The van der Waals surface area contributed by atoms with Crippen LogP contribution >= 0.6 is 0 Å². The van der Waals surface area contributed by atoms with Gasteiger partial charge in [0.15, 0.2) is 0 Å². The lowest BCUT2D eigenvalue weighted by atomic mass is 10.1. The summed E-state index contributed by atoms with van der Waals surface area (Å²) in [6.45, 7) is 0. The Morgan fingerprint density at radius 2 is 2.22 bits per heavy atom. The highest BCUT2D eigenvalue weighted by Gasteiger charge is 2.22. The van der Waals surface area contributed by atoms with Crippen LogP contribution in [0.1, 0.15) is 23.3 Å². The number of nitrogens with zero attached hydrogens (tertiary/aromatic N) is 2. The van der Waals surface area contributed by atoms with E-state index in [2.05, 4.69) is 10.4 Å². The smallest absolute Gasteiger partial charge is 0.326 e. The second kappa shape index (κ2) is 5.80. The van der Waals surface area contributed by atoms with Gasteiger partial charge in [-0.2, -0.15) is 5.10 Å². The van der Waals surface area contributed by atoms with Crippen LogP contribution in [0.25, 0.3) is 0 Å². The van der Waals surface area contributed by atoms with Crippen molar-refractivity contribution in [1.29, 1.82) is 0 Å². The summed E-state index contributed by atoms with van der Waals surface area (Å²) in [5, 5.41) is 15.0. The molecule has 18 heavy (non-hydrogen) atoms. The lowest BCUT2D eigenvalue weighted by Gasteiger charge is -2.13. The van der Waals surface area contributed by atoms with Gasteiger partial charge in [0.1, 0.15) is 11.7 Å². The number of carboxylic acid groups (broad SMARTS) is 1. The quantitative estimate of drug-likeness (QED) is 0.591. The van der Waals surface area contributed by atoms with E-state index in [0.717, 1.165) is 0 Å². The van der Waals surface area contributed by atoms with Crippen molar-refractivity contribution >= 4 is 17.8 Å². The maximum atomic E-state index is 11.7. The number of hydrogen-bond donors (Lipinski definition) is 3. The molecule has 0 radical (unpaired) electrons. The van der Waals surface area contributed by atoms with Crippen LogP contribution in [0.15, 0.2) is 12.3 Å². The van der Waals surface area contributed by atoms with Crippen molar-refractivity contribution in [3.8, 4) is 0 Å². The summed E-state index contributed by atoms with van der Waals surface area (Å²) in [5.74, 6) is -2.39. The highest BCUT2D eigenvalue weighted by Crippen LogP contribution is 2.01. The fraction of sp³-hybridized carbons (Fsp3) is 0.400. The molecule has 0 spiro atoms. The molecule has 1 aromatic heterocycles. The van der Waals surface area contributed by atoms with Crippen LogP contribution in [0.5, 0.6) is 0 Å². The van der Waals surface area contributed by atoms with Gasteiger partial charge in [0, 0.05) is 19.7 Å². The molecule has 1 atom stereocenters. The zero-order valence-electron chi connectivity index (χ0n) is 9.79. The molecule has 0 unspecified atom stereocenters. The number of aromatic nitrogens is 2. The normalized spacial score (nSPS) is 11.8. The molecule has 0 aliphatic heterocycles. The third-order valence-electron chi connectivity index (χ3n) is 2.34. The number of primary amides is 1. The van der Waals surface area contributed by atoms with Gasteiger partial charge in [-0.15, -0.1) is 0 Å². The highest BCUT2D eigenvalue weighted by molar-refractivity contribution is 5.95. The molecule has 4 N–H and O–H groups in total. The largest absolute Gasteiger partial charge is 0.480 e. The van der Waals surface area contributed by atoms with Gasteiger partial charge >= 0.3 is 5.97 Å². The fourth-order valence-corrected chi connectivity index (χ4v) is 1.37. The summed E-state index contributed by atoms with van der Waals surface area (Å²) in [5.41, 5.74) is 5.17. The van der Waals surface area contributed by atoms with Crippen LogP contribution in [0, 0.1) is 0 Å². The number of carboxylic acids is 1. The maximum Gasteiger partial charge on any atom is 0.326 e. The molecule has 0 saturated carbocycles. The summed E-state index contributed by atoms with van der Waals surface area (Å²) in [7, 11) is 1.56. The molecule has 8 heteroatoms. The molecule has 8 nitrogen and oxygen atoms in total. The Morgan fingerprint density at radius 3 is 2.67 bits per heavy atom. The van der Waals surface area contributed by atoms with Crippen molar-refractivity contribution < 1.29 is 19.5 Å². The number of amides is 2. The summed E-state index contributed by atoms with van der Waals surface area (Å²) in [4.78, 5) is 33.2. The molecular weight excluding hydrogens is 240 g/mol. The molecule has 1 heterocycles. The fourth-order valence-electron chi connectivity index (χ4n) is 1.37. The van der Waals surface area contributed by atoms with Crippen LogP contribution in [0.3, 0.4) is 0 Å². The Hall–Kier alpha value is -2.38. The van der Waals surface area contributed by atoms with Gasteiger partial charge in [-0.3, -0.25) is 14.3 Å². The number of nitrogens with two attached hydrogens (primary N) is 1. The average Bonchev–Trinajstić information content (AvgIpc) is 2.69. The first-order valence-electron chi connectivity index (χ1n) is 5.21. The SMILES string of the molecule is Cn1nccc1C(=O)N[C@@H](CCC(N)=O)C(=O)O. The second-order valence-corrected chi connectivity index (χ2v) is 3.71. The van der Waals surface area contributed by atoms with E-state index in [9.17, 15) is 14.4 Å². The van der Waals surface area contributed by atoms with Crippen LogP contribution in [-0.4, -0.2) is 38.7 Å². The lowest BCUT2D eigenvalue weighted by Crippen LogP contribution is -2.42. The van der Waals surface area contributed by atoms with Gasteiger partial charge < -0.3 is 16.2 Å². The summed E-state index contributed by atoms with van der Waals surface area (Å²) < 4.78 is 1.32. The Bertz CT molecular complexity index is 468. The number of aryl methyl sites for hydroxylation is 1. The predicted molar refractivity (Wildman–Crippen MR) is 60.5 cm³/mol. The van der Waals surface area contributed by atoms with Crippen molar-refractivity contribution in [2.45, 2.75) is 18.9 Å². The van der Waals surface area contributed by atoms with E-state index in [-0.39, 0.29) is 18.5 Å². The van der Waals surface area contributed by atoms with Crippen LogP contribution in [-0.2, 0) is 16.6 Å². The van der Waals surface area contributed by atoms with Crippen molar-refractivity contribution in [1.82, 2.24) is 15.1 Å². The number of rotatable bonds is 6. The van der Waals surface area contributed by atoms with Gasteiger partial charge in [-0.25, -0.2) is 4.79 Å². The van der Waals surface area contributed by atoms with Crippen molar-refractivity contribution in [3.05, 3.63) is 18.0 Å². The van der Waals surface area contributed by atoms with Crippen molar-refractivity contribution in [3.63, 3.8) is 0 Å². The third kappa shape index (κ3) is 3.58. The Morgan fingerprint density at radius 1 is 1.56 bits per heavy atom. The van der Waals surface area contributed by atoms with Crippen molar-refractivity contribution in [2.24, 2.45) is 12.8 Å². The monoisotopic (exact) mass is 254 g/mol. The van der Waals surface area contributed by atoms with E-state index >= 15 is 0 Å². The second-order valence-electron chi connectivity index (χ2n) is 3.71. The minimum atomic E-state index is -1.22. The molecule has 0 bridgehead atoms. The van der Waals surface area contributed by atoms with Crippen molar-refractivity contribution in [2.75, 3.05) is 0 Å². The summed E-state index contributed by atoms with van der Waals surface area (Å²) in [6.07, 6.45) is 1.27. The van der Waals surface area contributed by atoms with E-state index in [0.29, 0.717) is 0 Å². The van der Waals surface area contributed by atoms with Crippen LogP contribution in [0.4, 0.5) is 0 Å². The first-order chi connectivity index (χ1) is 8.41. The standard InChI is InChI=1S/C10H14N4O4/c1-14-7(4-5-12-14)9(16)13-6(10(17)18)2-3-8(11)15/h4-6H,2-3H2,1H3,(H2,11,15)(H,13,16)(H,17,18)/t6-/m0/s1. The number of carbonyl (C=O) groups excluding carboxylic acids is 2. The van der Waals surface area contributed by atoms with E-state index in [1.165, 1.54) is 16.9 Å². The van der Waals surface area contributed by atoms with Crippen LogP contribution in [0.2, 0.25) is 0 Å². The number of aliphatic carboxylic acids is 1. The van der Waals surface area contributed by atoms with E-state index in [1.54, 1.807) is 7.05 Å². The van der Waals surface area contributed by atoms with Gasteiger partial charge in [-0.05, 0) is 12.5 Å². The minimum absolute atomic E-state index is 0.0474. The molecule has 0 aromatic carbocycles. The minimum Gasteiger partial charge on any atom is -0.480 e. The number of carbonyl (C=O) groups is 3. The molecule has 0 saturated heterocycles. The first kappa shape index (κ1) is 13.7. The molecule has 2 amide bonds. The topological polar surface area (TPSA) is 127 Å². The molecule has 0 fully saturated rings. The summed E-state index contributed by atoms with van der Waals surface area (Å²) >= 11 is 0. The molecule has 0 aliphatic carbocycles. The Kier molecular flexibility index (Phi) is 4.41. The number of nitrogens with one attached hydrogen (secondary N) is 1. The van der Waals surface area contributed by atoms with Crippen LogP contribution < -0.4 is 11.1 Å². The van der Waals surface area contributed by atoms with Gasteiger partial charge in [0.2, 0.25) is 5.91 Å². The zero-order chi connectivity index (χ0) is 13.7. The number of hydrogen-bond acceptors (Lipinski definition) is 4. The molecular formula is C10H14N4O4. The Balaban J connectivity index is 2.67. The van der Waals surface area contributed by atoms with E-state index in [1.807, 2.05) is 0 Å². The predicted octanol–water partition coefficient (Wildman–Crippen LogP) is -1.13. The molecule has 1 rings (SSSR count). The highest BCUT2D eigenvalue weighted by atomic mass is 16.4. The van der Waals surface area contributed by atoms with E-state index < -0.39 is 23.8 Å². The zero-order valence-corrected chi connectivity index (χ0v) is 9.79. The van der Waals surface area contributed by atoms with Gasteiger partial charge in [0.05, 0.1) is 0 Å². The summed E-state index contributed by atoms with van der Waals surface area (Å²) in [6, 6.07) is 0.308. The molecule has 98 valence electrons. The Labute approximate surface area is 103 Å². The molecule has 1 aromatic rings. The third-order valence-corrected chi connectivity index (χ3v) is 2.34. The lowest BCUT2D eigenvalue weighted by molar-refractivity contribution is -0.139. The molecule has 0 aliphatic rings. The van der Waals surface area contributed by atoms with Gasteiger partial charge in [0.25, 0.3) is 5.91 Å². The maximum absolute atomic E-state index is 11.7.